The minimum absolute atomic E-state index is 0.141. The molecule has 1 aromatic rings. The Morgan fingerprint density at radius 2 is 1.94 bits per heavy atom. The number of hydrogen-bond acceptors (Lipinski definition) is 3. The van der Waals surface area contributed by atoms with Crippen molar-refractivity contribution < 1.29 is 17.9 Å². The number of nitrogens with zero attached hydrogens (tertiary/aromatic N) is 2. The molecule has 0 fully saturated rings. The van der Waals surface area contributed by atoms with Gasteiger partial charge in [-0.15, -0.1) is 0 Å². The summed E-state index contributed by atoms with van der Waals surface area (Å²) in [5.74, 6) is -0.387. The first-order chi connectivity index (χ1) is 7.93. The summed E-state index contributed by atoms with van der Waals surface area (Å²) >= 11 is 0. The molecule has 0 unspecified atom stereocenters. The summed E-state index contributed by atoms with van der Waals surface area (Å²) in [7, 11) is 1.10. The van der Waals surface area contributed by atoms with Crippen molar-refractivity contribution in [2.75, 3.05) is 7.11 Å². The number of nitriles is 2. The van der Waals surface area contributed by atoms with Crippen LogP contribution < -0.4 is 4.74 Å². The Balaban J connectivity index is 3.46. The molecule has 0 saturated heterocycles. The van der Waals surface area contributed by atoms with E-state index < -0.39 is 11.7 Å². The Labute approximate surface area is 95.7 Å². The second-order valence-electron chi connectivity index (χ2n) is 3.15. The highest BCUT2D eigenvalue weighted by molar-refractivity contribution is 5.50. The van der Waals surface area contributed by atoms with Crippen LogP contribution in [0.25, 0.3) is 0 Å². The Hall–Kier alpha value is -2.21. The molecular formula is C11H7F3N2O. The van der Waals surface area contributed by atoms with E-state index in [-0.39, 0.29) is 23.3 Å². The minimum atomic E-state index is -4.60. The van der Waals surface area contributed by atoms with Gasteiger partial charge >= 0.3 is 6.18 Å². The minimum Gasteiger partial charge on any atom is -0.496 e. The predicted octanol–water partition coefficient (Wildman–Crippen LogP) is 2.65. The van der Waals surface area contributed by atoms with E-state index in [4.69, 9.17) is 10.5 Å². The predicted molar refractivity (Wildman–Crippen MR) is 52.0 cm³/mol. The van der Waals surface area contributed by atoms with Gasteiger partial charge < -0.3 is 4.74 Å². The topological polar surface area (TPSA) is 56.8 Å². The normalized spacial score (nSPS) is 10.5. The van der Waals surface area contributed by atoms with Crippen molar-refractivity contribution in [2.24, 2.45) is 0 Å². The van der Waals surface area contributed by atoms with Gasteiger partial charge in [-0.05, 0) is 17.7 Å². The van der Waals surface area contributed by atoms with Gasteiger partial charge in [-0.25, -0.2) is 0 Å². The van der Waals surface area contributed by atoms with Crippen molar-refractivity contribution in [3.8, 4) is 17.9 Å². The second-order valence-corrected chi connectivity index (χ2v) is 3.15. The molecule has 6 heteroatoms. The molecule has 0 aliphatic carbocycles. The van der Waals surface area contributed by atoms with Crippen molar-refractivity contribution in [1.82, 2.24) is 0 Å². The lowest BCUT2D eigenvalue weighted by Crippen LogP contribution is -2.09. The van der Waals surface area contributed by atoms with Gasteiger partial charge in [-0.1, -0.05) is 0 Å². The number of rotatable bonds is 2. The van der Waals surface area contributed by atoms with Crippen LogP contribution in [0.15, 0.2) is 12.1 Å². The van der Waals surface area contributed by atoms with E-state index in [1.165, 1.54) is 0 Å². The van der Waals surface area contributed by atoms with Crippen LogP contribution in [-0.2, 0) is 12.6 Å². The molecule has 0 amide bonds. The fourth-order valence-electron chi connectivity index (χ4n) is 1.35. The lowest BCUT2D eigenvalue weighted by atomic mass is 10.0. The summed E-state index contributed by atoms with van der Waals surface area (Å²) in [5.41, 5.74) is -0.960. The van der Waals surface area contributed by atoms with E-state index in [2.05, 4.69) is 4.74 Å². The van der Waals surface area contributed by atoms with Gasteiger partial charge in [0, 0.05) is 0 Å². The molecule has 0 spiro atoms. The first kappa shape index (κ1) is 12.9. The number of methoxy groups -OCH3 is 1. The largest absolute Gasteiger partial charge is 0.496 e. The van der Waals surface area contributed by atoms with Crippen molar-refractivity contribution in [1.29, 1.82) is 10.5 Å². The van der Waals surface area contributed by atoms with E-state index in [0.29, 0.717) is 6.07 Å². The third kappa shape index (κ3) is 2.67. The smallest absolute Gasteiger partial charge is 0.420 e. The first-order valence-electron chi connectivity index (χ1n) is 4.49. The fourth-order valence-corrected chi connectivity index (χ4v) is 1.35. The van der Waals surface area contributed by atoms with Crippen molar-refractivity contribution in [3.63, 3.8) is 0 Å². The van der Waals surface area contributed by atoms with Crippen LogP contribution in [0.2, 0.25) is 0 Å². The van der Waals surface area contributed by atoms with Gasteiger partial charge in [0.15, 0.2) is 0 Å². The highest BCUT2D eigenvalue weighted by Crippen LogP contribution is 2.37. The SMILES string of the molecule is COc1cc(CC#N)c(C#N)cc1C(F)(F)F. The van der Waals surface area contributed by atoms with Crippen LogP contribution in [0.4, 0.5) is 13.2 Å². The van der Waals surface area contributed by atoms with Crippen molar-refractivity contribution >= 4 is 0 Å². The molecular weight excluding hydrogens is 233 g/mol. The van der Waals surface area contributed by atoms with Gasteiger partial charge in [0.05, 0.1) is 36.8 Å². The molecule has 0 aromatic heterocycles. The zero-order valence-corrected chi connectivity index (χ0v) is 8.80. The molecule has 0 radical (unpaired) electrons. The summed E-state index contributed by atoms with van der Waals surface area (Å²) in [5, 5.41) is 17.2. The van der Waals surface area contributed by atoms with Gasteiger partial charge in [0.25, 0.3) is 0 Å². The standard InChI is InChI=1S/C11H7F3N2O/c1-17-10-5-7(2-3-15)8(6-16)4-9(10)11(12,13)14/h4-5H,2H2,1H3. The number of alkyl halides is 3. The molecule has 0 bridgehead atoms. The summed E-state index contributed by atoms with van der Waals surface area (Å²) in [6.45, 7) is 0. The monoisotopic (exact) mass is 240 g/mol. The van der Waals surface area contributed by atoms with Crippen LogP contribution in [0.3, 0.4) is 0 Å². The zero-order chi connectivity index (χ0) is 13.1. The second kappa shape index (κ2) is 4.75. The summed E-state index contributed by atoms with van der Waals surface area (Å²) in [6.07, 6.45) is -4.74. The Bertz CT molecular complexity index is 509. The van der Waals surface area contributed by atoms with Gasteiger partial charge in [-0.2, -0.15) is 23.7 Å². The van der Waals surface area contributed by atoms with E-state index in [1.807, 2.05) is 0 Å². The Morgan fingerprint density at radius 3 is 2.35 bits per heavy atom. The van der Waals surface area contributed by atoms with Crippen LogP contribution in [0.1, 0.15) is 16.7 Å². The third-order valence-electron chi connectivity index (χ3n) is 2.12. The molecule has 1 rings (SSSR count). The molecule has 1 aromatic carbocycles. The highest BCUT2D eigenvalue weighted by Gasteiger charge is 2.35. The first-order valence-corrected chi connectivity index (χ1v) is 4.49. The van der Waals surface area contributed by atoms with Crippen molar-refractivity contribution in [3.05, 3.63) is 28.8 Å². The molecule has 88 valence electrons. The van der Waals surface area contributed by atoms with E-state index in [1.54, 1.807) is 12.1 Å². The van der Waals surface area contributed by atoms with Crippen LogP contribution >= 0.6 is 0 Å². The molecule has 0 N–H and O–H groups in total. The molecule has 3 nitrogen and oxygen atoms in total. The lowest BCUT2D eigenvalue weighted by molar-refractivity contribution is -0.138. The van der Waals surface area contributed by atoms with E-state index in [9.17, 15) is 13.2 Å². The Kier molecular flexibility index (Phi) is 3.59. The molecule has 0 aliphatic heterocycles. The summed E-state index contributed by atoms with van der Waals surface area (Å²) < 4.78 is 42.5. The third-order valence-corrected chi connectivity index (χ3v) is 2.12. The van der Waals surface area contributed by atoms with E-state index in [0.717, 1.165) is 13.2 Å². The number of benzene rings is 1. The summed E-state index contributed by atoms with van der Waals surface area (Å²) in [6, 6.07) is 5.19. The fraction of sp³-hybridized carbons (Fsp3) is 0.273. The lowest BCUT2D eigenvalue weighted by Gasteiger charge is -2.13. The molecule has 17 heavy (non-hydrogen) atoms. The van der Waals surface area contributed by atoms with Gasteiger partial charge in [-0.3, -0.25) is 0 Å². The van der Waals surface area contributed by atoms with Crippen LogP contribution in [-0.4, -0.2) is 7.11 Å². The average Bonchev–Trinajstić information content (AvgIpc) is 2.27. The molecule has 0 aliphatic rings. The van der Waals surface area contributed by atoms with E-state index >= 15 is 0 Å². The number of hydrogen-bond donors (Lipinski definition) is 0. The number of halogens is 3. The number of ether oxygens (including phenoxy) is 1. The van der Waals surface area contributed by atoms with Crippen molar-refractivity contribution in [2.45, 2.75) is 12.6 Å². The maximum atomic E-state index is 12.6. The van der Waals surface area contributed by atoms with Crippen LogP contribution in [0.5, 0.6) is 5.75 Å². The quantitative estimate of drug-likeness (QED) is 0.798. The molecule has 0 atom stereocenters. The van der Waals surface area contributed by atoms with Gasteiger partial charge in [0.1, 0.15) is 5.75 Å². The zero-order valence-electron chi connectivity index (χ0n) is 8.80. The maximum Gasteiger partial charge on any atom is 0.420 e. The molecule has 0 saturated carbocycles. The summed E-state index contributed by atoms with van der Waals surface area (Å²) in [4.78, 5) is 0. The Morgan fingerprint density at radius 1 is 1.29 bits per heavy atom. The van der Waals surface area contributed by atoms with Crippen LogP contribution in [0, 0.1) is 22.7 Å². The maximum absolute atomic E-state index is 12.6. The molecule has 0 heterocycles. The highest BCUT2D eigenvalue weighted by atomic mass is 19.4. The average molecular weight is 240 g/mol. The van der Waals surface area contributed by atoms with Gasteiger partial charge in [0.2, 0.25) is 0 Å².